The fraction of sp³-hybridized carbons (Fsp3) is 0.517. The molecule has 0 unspecified atom stereocenters. The van der Waals surface area contributed by atoms with Crippen LogP contribution in [0.1, 0.15) is 72.2 Å². The SMILES string of the molecule is CC(/C=C/C=C(\C)N(CCCCCC(=O)O)c1cc(C(=O)NCCS(=O)(=O)O)cc(C(=O)NCCS(=O)(=O)O)c1C)=N/CCCS(=O)(=O)O. The maximum Gasteiger partial charge on any atom is 0.303 e. The summed E-state index contributed by atoms with van der Waals surface area (Å²) in [6, 6.07) is 2.70. The molecule has 0 bridgehead atoms. The van der Waals surface area contributed by atoms with Crippen molar-refractivity contribution in [1.29, 1.82) is 0 Å². The van der Waals surface area contributed by atoms with Crippen LogP contribution in [0.3, 0.4) is 0 Å². The zero-order valence-electron chi connectivity index (χ0n) is 27.5. The van der Waals surface area contributed by atoms with Crippen molar-refractivity contribution in [3.05, 3.63) is 52.7 Å². The summed E-state index contributed by atoms with van der Waals surface area (Å²) in [5.41, 5.74) is 1.82. The first-order valence-electron chi connectivity index (χ1n) is 15.0. The van der Waals surface area contributed by atoms with Gasteiger partial charge in [0.2, 0.25) is 0 Å². The number of hydrogen-bond acceptors (Lipinski definition) is 11. The Morgan fingerprint density at radius 3 is 1.94 bits per heavy atom. The van der Waals surface area contributed by atoms with Gasteiger partial charge in [0.1, 0.15) is 0 Å². The van der Waals surface area contributed by atoms with E-state index in [0.717, 1.165) is 0 Å². The van der Waals surface area contributed by atoms with Gasteiger partial charge in [0.05, 0.1) is 17.3 Å². The smallest absolute Gasteiger partial charge is 0.303 e. The van der Waals surface area contributed by atoms with Crippen LogP contribution in [0.5, 0.6) is 0 Å². The number of nitrogens with zero attached hydrogens (tertiary/aromatic N) is 2. The van der Waals surface area contributed by atoms with E-state index >= 15 is 0 Å². The molecule has 20 heteroatoms. The van der Waals surface area contributed by atoms with Gasteiger partial charge in [-0.15, -0.1) is 0 Å². The van der Waals surface area contributed by atoms with Gasteiger partial charge in [-0.1, -0.05) is 12.5 Å². The molecule has 0 saturated carbocycles. The lowest BCUT2D eigenvalue weighted by molar-refractivity contribution is -0.137. The summed E-state index contributed by atoms with van der Waals surface area (Å²) in [5, 5.41) is 13.8. The fourth-order valence-corrected chi connectivity index (χ4v) is 5.53. The Balaban J connectivity index is 3.57. The molecule has 0 spiro atoms. The maximum atomic E-state index is 13.2. The molecule has 0 heterocycles. The maximum absolute atomic E-state index is 13.2. The molecule has 0 saturated heterocycles. The second kappa shape index (κ2) is 20.1. The number of unbranched alkanes of at least 4 members (excludes halogenated alkanes) is 2. The van der Waals surface area contributed by atoms with Crippen molar-refractivity contribution >= 4 is 59.5 Å². The predicted octanol–water partition coefficient (Wildman–Crippen LogP) is 1.88. The number of allylic oxidation sites excluding steroid dienone is 4. The number of aliphatic imine (C=N–C) groups is 1. The first-order chi connectivity index (χ1) is 22.6. The van der Waals surface area contributed by atoms with Crippen molar-refractivity contribution in [2.45, 2.75) is 52.9 Å². The van der Waals surface area contributed by atoms with Crippen molar-refractivity contribution in [3.63, 3.8) is 0 Å². The fourth-order valence-electron chi connectivity index (χ4n) is 4.31. The molecule has 0 radical (unpaired) electrons. The van der Waals surface area contributed by atoms with Gasteiger partial charge in [-0.2, -0.15) is 25.3 Å². The molecule has 49 heavy (non-hydrogen) atoms. The number of nitrogens with one attached hydrogen (secondary N) is 2. The Hall–Kier alpha value is -3.69. The van der Waals surface area contributed by atoms with Crippen molar-refractivity contribution in [1.82, 2.24) is 10.6 Å². The van der Waals surface area contributed by atoms with Gasteiger partial charge in [0.15, 0.2) is 0 Å². The Labute approximate surface area is 286 Å². The van der Waals surface area contributed by atoms with Crippen LogP contribution in [0, 0.1) is 6.92 Å². The van der Waals surface area contributed by atoms with Crippen LogP contribution in [0.25, 0.3) is 0 Å². The van der Waals surface area contributed by atoms with Crippen molar-refractivity contribution in [3.8, 4) is 0 Å². The number of carboxylic acid groups (broad SMARTS) is 1. The Kier molecular flexibility index (Phi) is 17.8. The molecule has 6 N–H and O–H groups in total. The highest BCUT2D eigenvalue weighted by atomic mass is 32.2. The number of hydrogen-bond donors (Lipinski definition) is 6. The highest BCUT2D eigenvalue weighted by Crippen LogP contribution is 2.29. The monoisotopic (exact) mass is 752 g/mol. The summed E-state index contributed by atoms with van der Waals surface area (Å²) >= 11 is 0. The lowest BCUT2D eigenvalue weighted by atomic mass is 9.99. The van der Waals surface area contributed by atoms with Crippen molar-refractivity contribution in [2.24, 2.45) is 4.99 Å². The van der Waals surface area contributed by atoms with Gasteiger partial charge in [0, 0.05) is 60.8 Å². The molecule has 1 aromatic carbocycles. The van der Waals surface area contributed by atoms with Crippen molar-refractivity contribution in [2.75, 3.05) is 48.3 Å². The van der Waals surface area contributed by atoms with Crippen LogP contribution in [-0.4, -0.2) is 111 Å². The first-order valence-corrected chi connectivity index (χ1v) is 19.8. The minimum atomic E-state index is -4.39. The lowest BCUT2D eigenvalue weighted by Crippen LogP contribution is -2.32. The third kappa shape index (κ3) is 19.2. The molecular formula is C29H44N4O13S3. The number of carbonyl (C=O) groups is 3. The second-order valence-corrected chi connectivity index (χ2v) is 15.7. The van der Waals surface area contributed by atoms with Crippen LogP contribution in [-0.2, 0) is 35.1 Å². The van der Waals surface area contributed by atoms with E-state index < -0.39 is 78.5 Å². The van der Waals surface area contributed by atoms with Gasteiger partial charge in [-0.25, -0.2) is 0 Å². The molecule has 0 aliphatic rings. The second-order valence-electron chi connectivity index (χ2n) is 10.9. The molecule has 2 amide bonds. The minimum absolute atomic E-state index is 0.0279. The van der Waals surface area contributed by atoms with E-state index in [1.165, 1.54) is 12.1 Å². The number of carboxylic acids is 1. The molecule has 0 fully saturated rings. The van der Waals surface area contributed by atoms with E-state index in [2.05, 4.69) is 15.6 Å². The summed E-state index contributed by atoms with van der Waals surface area (Å²) in [7, 11) is -12.9. The Morgan fingerprint density at radius 2 is 1.39 bits per heavy atom. The van der Waals surface area contributed by atoms with Gasteiger partial charge in [-0.05, 0) is 69.9 Å². The molecule has 17 nitrogen and oxygen atoms in total. The number of anilines is 1. The average molecular weight is 753 g/mol. The largest absolute Gasteiger partial charge is 0.481 e. The molecular weight excluding hydrogens is 709 g/mol. The van der Waals surface area contributed by atoms with Gasteiger partial charge >= 0.3 is 5.97 Å². The third-order valence-electron chi connectivity index (χ3n) is 6.76. The van der Waals surface area contributed by atoms with E-state index in [1.54, 1.807) is 43.9 Å². The third-order valence-corrected chi connectivity index (χ3v) is 9.01. The molecule has 1 aromatic rings. The van der Waals surface area contributed by atoms with E-state index in [-0.39, 0.29) is 30.5 Å². The molecule has 0 aliphatic carbocycles. The zero-order chi connectivity index (χ0) is 37.4. The van der Waals surface area contributed by atoms with E-state index in [0.29, 0.717) is 48.5 Å². The highest BCUT2D eigenvalue weighted by Gasteiger charge is 2.22. The quantitative estimate of drug-likeness (QED) is 0.0427. The number of rotatable bonds is 22. The predicted molar refractivity (Wildman–Crippen MR) is 184 cm³/mol. The zero-order valence-corrected chi connectivity index (χ0v) is 29.9. The van der Waals surface area contributed by atoms with Crippen LogP contribution in [0.4, 0.5) is 5.69 Å². The first kappa shape index (κ1) is 43.3. The topological polar surface area (TPSA) is 274 Å². The molecule has 1 rings (SSSR count). The normalized spacial score (nSPS) is 13.0. The number of aliphatic carboxylic acids is 1. The van der Waals surface area contributed by atoms with E-state index in [9.17, 15) is 39.6 Å². The van der Waals surface area contributed by atoms with Crippen LogP contribution in [0.15, 0.2) is 41.1 Å². The standard InChI is InChI=1S/C29H44N4O13S3/c1-21(30-12-8-16-47(38,39)40)9-7-10-22(2)33(15-6-4-5-11-27(34)35)26-20-24(28(36)31-13-17-48(41,42)43)19-25(23(26)3)29(37)32-14-18-49(44,45)46/h7,9-10,19-20H,4-6,8,11-18H2,1-3H3,(H,31,36)(H,32,37)(H,34,35)(H,38,39,40)(H,41,42,43)(H,44,45,46)/b9-7+,22-10+,30-21-. The van der Waals surface area contributed by atoms with Gasteiger partial charge < -0.3 is 20.6 Å². The van der Waals surface area contributed by atoms with Crippen LogP contribution >= 0.6 is 0 Å². The molecule has 276 valence electrons. The Morgan fingerprint density at radius 1 is 0.816 bits per heavy atom. The highest BCUT2D eigenvalue weighted by molar-refractivity contribution is 7.86. The van der Waals surface area contributed by atoms with Gasteiger partial charge in [0.25, 0.3) is 42.2 Å². The molecule has 0 aromatic heterocycles. The summed E-state index contributed by atoms with van der Waals surface area (Å²) in [5.74, 6) is -4.44. The number of benzene rings is 1. The summed E-state index contributed by atoms with van der Waals surface area (Å²) in [6.07, 6.45) is 6.54. The van der Waals surface area contributed by atoms with Crippen LogP contribution < -0.4 is 15.5 Å². The minimum Gasteiger partial charge on any atom is -0.481 e. The summed E-state index contributed by atoms with van der Waals surface area (Å²) in [6.45, 7) is 4.61. The van der Waals surface area contributed by atoms with E-state index in [1.807, 2.05) is 0 Å². The Bertz CT molecular complexity index is 1750. The number of carbonyl (C=O) groups excluding carboxylic acids is 2. The molecule has 0 aliphatic heterocycles. The van der Waals surface area contributed by atoms with Crippen LogP contribution in [0.2, 0.25) is 0 Å². The van der Waals surface area contributed by atoms with E-state index in [4.69, 9.17) is 18.8 Å². The average Bonchev–Trinajstić information content (AvgIpc) is 2.95. The number of amides is 2. The van der Waals surface area contributed by atoms with Gasteiger partial charge in [-0.3, -0.25) is 33.0 Å². The van der Waals surface area contributed by atoms with Crippen molar-refractivity contribution < 1.29 is 58.4 Å². The lowest BCUT2D eigenvalue weighted by Gasteiger charge is -2.29. The summed E-state index contributed by atoms with van der Waals surface area (Å²) < 4.78 is 93.3. The molecule has 0 atom stereocenters. The summed E-state index contributed by atoms with van der Waals surface area (Å²) in [4.78, 5) is 43.3.